The summed E-state index contributed by atoms with van der Waals surface area (Å²) in [6, 6.07) is 7.03. The van der Waals surface area contributed by atoms with Crippen molar-refractivity contribution < 1.29 is 18.8 Å². The number of rotatable bonds is 5. The first-order valence-electron chi connectivity index (χ1n) is 8.76. The molecule has 26 heavy (non-hydrogen) atoms. The maximum Gasteiger partial charge on any atom is 0.260 e. The molecular weight excluding hydrogens is 334 g/mol. The van der Waals surface area contributed by atoms with Crippen LogP contribution in [0.3, 0.4) is 0 Å². The van der Waals surface area contributed by atoms with Gasteiger partial charge in [-0.1, -0.05) is 12.1 Å². The van der Waals surface area contributed by atoms with E-state index in [1.807, 2.05) is 6.92 Å². The van der Waals surface area contributed by atoms with Gasteiger partial charge < -0.3 is 19.9 Å². The third kappa shape index (κ3) is 4.29. The maximum atomic E-state index is 12.4. The molecule has 0 spiro atoms. The normalized spacial score (nSPS) is 16.1. The highest BCUT2D eigenvalue weighted by Crippen LogP contribution is 2.25. The smallest absolute Gasteiger partial charge is 0.260 e. The molecule has 1 aliphatic heterocycles. The molecule has 0 bridgehead atoms. The Balaban J connectivity index is 1.56. The van der Waals surface area contributed by atoms with E-state index in [1.165, 1.54) is 6.20 Å². The molecule has 2 aromatic rings. The zero-order valence-electron chi connectivity index (χ0n) is 15.0. The van der Waals surface area contributed by atoms with E-state index in [9.17, 15) is 9.59 Å². The molecule has 2 amide bonds. The first-order valence-corrected chi connectivity index (χ1v) is 8.76. The fraction of sp³-hybridized carbons (Fsp3) is 0.421. The van der Waals surface area contributed by atoms with E-state index in [2.05, 4.69) is 15.8 Å². The Labute approximate surface area is 152 Å². The summed E-state index contributed by atoms with van der Waals surface area (Å²) in [4.78, 5) is 24.6. The molecule has 0 radical (unpaired) electrons. The van der Waals surface area contributed by atoms with Crippen LogP contribution < -0.4 is 10.6 Å². The van der Waals surface area contributed by atoms with Gasteiger partial charge in [0.25, 0.3) is 5.91 Å². The van der Waals surface area contributed by atoms with Crippen LogP contribution in [0.1, 0.15) is 35.9 Å². The van der Waals surface area contributed by atoms with Gasteiger partial charge in [-0.3, -0.25) is 9.59 Å². The third-order valence-electron chi connectivity index (χ3n) is 4.79. The van der Waals surface area contributed by atoms with Gasteiger partial charge >= 0.3 is 0 Å². The van der Waals surface area contributed by atoms with Gasteiger partial charge in [0.05, 0.1) is 6.20 Å². The van der Waals surface area contributed by atoms with Crippen LogP contribution in [0.25, 0.3) is 0 Å². The average molecular weight is 357 g/mol. The van der Waals surface area contributed by atoms with Crippen LogP contribution in [0.15, 0.2) is 35.0 Å². The first kappa shape index (κ1) is 18.1. The Bertz CT molecular complexity index is 763. The average Bonchev–Trinajstić information content (AvgIpc) is 3.09. The fourth-order valence-corrected chi connectivity index (χ4v) is 3.04. The molecule has 1 atom stereocenters. The highest BCUT2D eigenvalue weighted by Gasteiger charge is 2.26. The molecule has 1 unspecified atom stereocenters. The van der Waals surface area contributed by atoms with Gasteiger partial charge in [0.15, 0.2) is 0 Å². The van der Waals surface area contributed by atoms with Crippen molar-refractivity contribution >= 4 is 23.2 Å². The number of amides is 2. The second-order valence-electron chi connectivity index (χ2n) is 6.55. The lowest BCUT2D eigenvalue weighted by atomic mass is 9.87. The number of hydrogen-bond donors (Lipinski definition) is 2. The van der Waals surface area contributed by atoms with Crippen molar-refractivity contribution in [2.75, 3.05) is 23.8 Å². The molecule has 1 aromatic heterocycles. The Morgan fingerprint density at radius 3 is 2.31 bits per heavy atom. The summed E-state index contributed by atoms with van der Waals surface area (Å²) in [5, 5.41) is 9.31. The number of benzene rings is 1. The van der Waals surface area contributed by atoms with Crippen LogP contribution in [0.4, 0.5) is 11.4 Å². The minimum atomic E-state index is -0.284. The number of nitrogens with zero attached hydrogens (tertiary/aromatic N) is 1. The summed E-state index contributed by atoms with van der Waals surface area (Å²) in [5.41, 5.74) is 1.73. The number of hydrogen-bond acceptors (Lipinski definition) is 5. The molecule has 0 aliphatic carbocycles. The lowest BCUT2D eigenvalue weighted by Gasteiger charge is -2.27. The van der Waals surface area contributed by atoms with Crippen molar-refractivity contribution in [2.45, 2.75) is 26.7 Å². The Morgan fingerprint density at radius 1 is 1.12 bits per heavy atom. The third-order valence-corrected chi connectivity index (χ3v) is 4.79. The standard InChI is InChI=1S/C19H23N3O4/c1-12(14-7-9-25-10-8-14)18(23)21-15-3-5-16(6-4-15)22-19(24)17-11-20-26-13(17)2/h3-6,11-12,14H,7-10H2,1-2H3,(H,21,23)(H,22,24). The van der Waals surface area contributed by atoms with E-state index in [-0.39, 0.29) is 17.7 Å². The minimum Gasteiger partial charge on any atom is -0.381 e. The molecular formula is C19H23N3O4. The van der Waals surface area contributed by atoms with Crippen molar-refractivity contribution in [3.05, 3.63) is 41.8 Å². The molecule has 1 aliphatic rings. The summed E-state index contributed by atoms with van der Waals surface area (Å²) in [6.07, 6.45) is 3.22. The van der Waals surface area contributed by atoms with Crippen molar-refractivity contribution in [1.29, 1.82) is 0 Å². The minimum absolute atomic E-state index is 0.00813. The Kier molecular flexibility index (Phi) is 5.68. The van der Waals surface area contributed by atoms with E-state index < -0.39 is 0 Å². The lowest BCUT2D eigenvalue weighted by molar-refractivity contribution is -0.122. The number of carbonyl (C=O) groups excluding carboxylic acids is 2. The fourth-order valence-electron chi connectivity index (χ4n) is 3.04. The Hall–Kier alpha value is -2.67. The van der Waals surface area contributed by atoms with Gasteiger partial charge in [0, 0.05) is 30.5 Å². The van der Waals surface area contributed by atoms with Crippen molar-refractivity contribution in [3.63, 3.8) is 0 Å². The maximum absolute atomic E-state index is 12.4. The second kappa shape index (κ2) is 8.14. The molecule has 3 rings (SSSR count). The quantitative estimate of drug-likeness (QED) is 0.857. The molecule has 1 aromatic carbocycles. The second-order valence-corrected chi connectivity index (χ2v) is 6.55. The topological polar surface area (TPSA) is 93.5 Å². The Morgan fingerprint density at radius 2 is 1.73 bits per heavy atom. The predicted octanol–water partition coefficient (Wildman–Crippen LogP) is 3.24. The lowest BCUT2D eigenvalue weighted by Crippen LogP contribution is -2.30. The summed E-state index contributed by atoms with van der Waals surface area (Å²) in [5.74, 6) is 0.486. The largest absolute Gasteiger partial charge is 0.381 e. The number of ether oxygens (including phenoxy) is 1. The summed E-state index contributed by atoms with van der Waals surface area (Å²) >= 11 is 0. The molecule has 138 valence electrons. The molecule has 7 nitrogen and oxygen atoms in total. The van der Waals surface area contributed by atoms with Gasteiger partial charge in [-0.15, -0.1) is 0 Å². The number of anilines is 2. The van der Waals surface area contributed by atoms with Crippen LogP contribution in [-0.2, 0) is 9.53 Å². The summed E-state index contributed by atoms with van der Waals surface area (Å²) < 4.78 is 10.2. The summed E-state index contributed by atoms with van der Waals surface area (Å²) in [6.45, 7) is 5.09. The SMILES string of the molecule is Cc1oncc1C(=O)Nc1ccc(NC(=O)C(C)C2CCOCC2)cc1. The molecule has 1 saturated heterocycles. The molecule has 0 saturated carbocycles. The predicted molar refractivity (Wildman–Crippen MR) is 97.0 cm³/mol. The van der Waals surface area contributed by atoms with Crippen LogP contribution in [0, 0.1) is 18.8 Å². The molecule has 2 heterocycles. The number of carbonyl (C=O) groups is 2. The highest BCUT2D eigenvalue weighted by molar-refractivity contribution is 6.04. The monoisotopic (exact) mass is 357 g/mol. The molecule has 1 fully saturated rings. The van der Waals surface area contributed by atoms with Crippen LogP contribution >= 0.6 is 0 Å². The van der Waals surface area contributed by atoms with Crippen molar-refractivity contribution in [2.24, 2.45) is 11.8 Å². The van der Waals surface area contributed by atoms with Crippen molar-refractivity contribution in [3.8, 4) is 0 Å². The molecule has 2 N–H and O–H groups in total. The zero-order valence-corrected chi connectivity index (χ0v) is 15.0. The number of aromatic nitrogens is 1. The van der Waals surface area contributed by atoms with E-state index in [4.69, 9.17) is 9.26 Å². The summed E-state index contributed by atoms with van der Waals surface area (Å²) in [7, 11) is 0. The van der Waals surface area contributed by atoms with Crippen LogP contribution in [-0.4, -0.2) is 30.2 Å². The van der Waals surface area contributed by atoms with Gasteiger partial charge in [0.2, 0.25) is 5.91 Å². The highest BCUT2D eigenvalue weighted by atomic mass is 16.5. The van der Waals surface area contributed by atoms with Crippen LogP contribution in [0.5, 0.6) is 0 Å². The van der Waals surface area contributed by atoms with E-state index in [0.717, 1.165) is 26.1 Å². The number of aryl methyl sites for hydroxylation is 1. The van der Waals surface area contributed by atoms with Gasteiger partial charge in [-0.05, 0) is 49.9 Å². The first-order chi connectivity index (χ1) is 12.5. The molecule has 7 heteroatoms. The number of nitrogens with one attached hydrogen (secondary N) is 2. The van der Waals surface area contributed by atoms with Crippen molar-refractivity contribution in [1.82, 2.24) is 5.16 Å². The van der Waals surface area contributed by atoms with E-state index in [1.54, 1.807) is 31.2 Å². The van der Waals surface area contributed by atoms with E-state index >= 15 is 0 Å². The van der Waals surface area contributed by atoms with E-state index in [0.29, 0.717) is 28.6 Å². The van der Waals surface area contributed by atoms with Gasteiger partial charge in [-0.2, -0.15) is 0 Å². The zero-order chi connectivity index (χ0) is 18.5. The van der Waals surface area contributed by atoms with Gasteiger partial charge in [-0.25, -0.2) is 0 Å². The van der Waals surface area contributed by atoms with Crippen LogP contribution in [0.2, 0.25) is 0 Å². The van der Waals surface area contributed by atoms with Gasteiger partial charge in [0.1, 0.15) is 11.3 Å².